The van der Waals surface area contributed by atoms with Crippen molar-refractivity contribution in [2.24, 2.45) is 11.1 Å². The van der Waals surface area contributed by atoms with Crippen molar-refractivity contribution >= 4 is 5.91 Å². The van der Waals surface area contributed by atoms with Gasteiger partial charge in [-0.3, -0.25) is 4.79 Å². The fraction of sp³-hybridized carbons (Fsp3) is 0.923. The second-order valence-corrected chi connectivity index (χ2v) is 6.46. The summed E-state index contributed by atoms with van der Waals surface area (Å²) in [4.78, 5) is 12.4. The largest absolute Gasteiger partial charge is 0.376 e. The van der Waals surface area contributed by atoms with Crippen molar-refractivity contribution < 1.29 is 14.4 Å². The fourth-order valence-electron chi connectivity index (χ4n) is 3.77. The molecule has 0 aromatic rings. The van der Waals surface area contributed by atoms with E-state index in [1.54, 1.807) is 0 Å². The summed E-state index contributed by atoms with van der Waals surface area (Å²) in [7, 11) is 0. The Labute approximate surface area is 103 Å². The van der Waals surface area contributed by atoms with Gasteiger partial charge in [0.05, 0.1) is 18.7 Å². The van der Waals surface area contributed by atoms with Gasteiger partial charge in [0.15, 0.2) is 6.54 Å². The molecule has 0 aliphatic carbocycles. The van der Waals surface area contributed by atoms with Crippen molar-refractivity contribution in [1.82, 2.24) is 0 Å². The van der Waals surface area contributed by atoms with E-state index in [2.05, 4.69) is 13.8 Å². The Morgan fingerprint density at radius 3 is 2.82 bits per heavy atom. The monoisotopic (exact) mass is 241 g/mol. The summed E-state index contributed by atoms with van der Waals surface area (Å²) in [6, 6.07) is 0. The molecule has 2 aliphatic heterocycles. The maximum Gasteiger partial charge on any atom is 0.272 e. The highest BCUT2D eigenvalue weighted by molar-refractivity contribution is 5.74. The zero-order valence-corrected chi connectivity index (χ0v) is 11.1. The summed E-state index contributed by atoms with van der Waals surface area (Å²) in [5.74, 6) is -0.177. The van der Waals surface area contributed by atoms with Crippen LogP contribution in [-0.2, 0) is 9.53 Å². The number of ether oxygens (including phenoxy) is 1. The molecule has 0 saturated carbocycles. The number of primary amides is 1. The predicted octanol–water partition coefficient (Wildman–Crippen LogP) is -0.274. The average Bonchev–Trinajstić information content (AvgIpc) is 2.13. The molecule has 1 spiro atoms. The van der Waals surface area contributed by atoms with Crippen molar-refractivity contribution in [3.05, 3.63) is 0 Å². The first-order valence-electron chi connectivity index (χ1n) is 6.67. The Morgan fingerprint density at radius 1 is 1.41 bits per heavy atom. The van der Waals surface area contributed by atoms with Crippen LogP contribution in [0.2, 0.25) is 0 Å². The van der Waals surface area contributed by atoms with E-state index in [0.717, 1.165) is 32.5 Å². The van der Waals surface area contributed by atoms with Gasteiger partial charge in [0.2, 0.25) is 0 Å². The molecule has 2 fully saturated rings. The Balaban J connectivity index is 2.02. The molecule has 4 nitrogen and oxygen atoms in total. The highest BCUT2D eigenvalue weighted by atomic mass is 16.5. The maximum absolute atomic E-state index is 11.0. The minimum atomic E-state index is -0.177. The van der Waals surface area contributed by atoms with Gasteiger partial charge in [0, 0.05) is 12.0 Å². The summed E-state index contributed by atoms with van der Waals surface area (Å²) in [6.45, 7) is 7.88. The van der Waals surface area contributed by atoms with Crippen LogP contribution >= 0.6 is 0 Å². The first kappa shape index (κ1) is 12.8. The van der Waals surface area contributed by atoms with Crippen molar-refractivity contribution in [1.29, 1.82) is 0 Å². The zero-order valence-electron chi connectivity index (χ0n) is 11.1. The van der Waals surface area contributed by atoms with Gasteiger partial charge in [-0.15, -0.1) is 0 Å². The van der Waals surface area contributed by atoms with E-state index in [1.807, 2.05) is 0 Å². The molecular weight excluding hydrogens is 216 g/mol. The summed E-state index contributed by atoms with van der Waals surface area (Å²) >= 11 is 0. The molecule has 1 unspecified atom stereocenters. The van der Waals surface area contributed by atoms with Crippen molar-refractivity contribution in [3.63, 3.8) is 0 Å². The molecule has 3 N–H and O–H groups in total. The number of amides is 1. The summed E-state index contributed by atoms with van der Waals surface area (Å²) in [6.07, 6.45) is 4.74. The standard InChI is InChI=1S/C13H24N2O2/c1-12(2)9-13(5-7-17-12)4-3-6-15(10-13)8-11(14)16/h3-10H2,1-2H3,(H2,14,16)/p+1/t13-/m1/s1. The number of quaternary nitrogens is 1. The van der Waals surface area contributed by atoms with Crippen LogP contribution in [0.3, 0.4) is 0 Å². The Bertz CT molecular complexity index is 300. The first-order valence-corrected chi connectivity index (χ1v) is 6.67. The molecule has 4 heteroatoms. The number of likely N-dealkylation sites (tertiary alicyclic amines) is 1. The number of rotatable bonds is 2. The Hall–Kier alpha value is -0.610. The van der Waals surface area contributed by atoms with Gasteiger partial charge in [-0.2, -0.15) is 0 Å². The van der Waals surface area contributed by atoms with Crippen molar-refractivity contribution in [2.75, 3.05) is 26.2 Å². The minimum Gasteiger partial charge on any atom is -0.376 e. The smallest absolute Gasteiger partial charge is 0.272 e. The van der Waals surface area contributed by atoms with Crippen LogP contribution in [0, 0.1) is 5.41 Å². The summed E-state index contributed by atoms with van der Waals surface area (Å²) < 4.78 is 5.81. The van der Waals surface area contributed by atoms with Crippen molar-refractivity contribution in [2.45, 2.75) is 45.1 Å². The van der Waals surface area contributed by atoms with E-state index >= 15 is 0 Å². The third-order valence-corrected chi connectivity index (χ3v) is 4.21. The highest BCUT2D eigenvalue weighted by Crippen LogP contribution is 2.42. The molecule has 2 rings (SSSR count). The van der Waals surface area contributed by atoms with E-state index in [4.69, 9.17) is 10.5 Å². The average molecular weight is 241 g/mol. The topological polar surface area (TPSA) is 56.8 Å². The molecule has 2 heterocycles. The molecule has 2 aliphatic rings. The number of carbonyl (C=O) groups is 1. The van der Waals surface area contributed by atoms with Gasteiger partial charge >= 0.3 is 0 Å². The quantitative estimate of drug-likeness (QED) is 0.699. The molecule has 0 aromatic heterocycles. The molecule has 17 heavy (non-hydrogen) atoms. The van der Waals surface area contributed by atoms with Crippen LogP contribution in [0.5, 0.6) is 0 Å². The van der Waals surface area contributed by atoms with Gasteiger partial charge in [0.1, 0.15) is 0 Å². The van der Waals surface area contributed by atoms with E-state index in [9.17, 15) is 4.79 Å². The number of piperidine rings is 1. The molecule has 98 valence electrons. The minimum absolute atomic E-state index is 0.00652. The molecule has 2 atom stereocenters. The number of carbonyl (C=O) groups excluding carboxylic acids is 1. The number of nitrogens with two attached hydrogens (primary N) is 1. The van der Waals surface area contributed by atoms with Crippen LogP contribution in [0.1, 0.15) is 39.5 Å². The zero-order chi connectivity index (χ0) is 12.5. The van der Waals surface area contributed by atoms with Gasteiger partial charge in [-0.05, 0) is 39.5 Å². The lowest BCUT2D eigenvalue weighted by Gasteiger charge is -2.47. The lowest BCUT2D eigenvalue weighted by atomic mass is 9.69. The van der Waals surface area contributed by atoms with Crippen LogP contribution in [0.15, 0.2) is 0 Å². The first-order chi connectivity index (χ1) is 7.91. The molecule has 0 aromatic carbocycles. The Morgan fingerprint density at radius 2 is 2.18 bits per heavy atom. The third kappa shape index (κ3) is 3.19. The SMILES string of the molecule is CC1(C)C[C@@]2(CCC[NH+](CC(N)=O)C2)CCO1. The predicted molar refractivity (Wildman–Crippen MR) is 65.7 cm³/mol. The van der Waals surface area contributed by atoms with Gasteiger partial charge in [-0.1, -0.05) is 0 Å². The maximum atomic E-state index is 11.0. The van der Waals surface area contributed by atoms with Crippen molar-refractivity contribution in [3.8, 4) is 0 Å². The van der Waals surface area contributed by atoms with Crippen LogP contribution in [-0.4, -0.2) is 37.7 Å². The summed E-state index contributed by atoms with van der Waals surface area (Å²) in [5, 5.41) is 0. The molecule has 0 bridgehead atoms. The third-order valence-electron chi connectivity index (χ3n) is 4.21. The summed E-state index contributed by atoms with van der Waals surface area (Å²) in [5.41, 5.74) is 5.68. The fourth-order valence-corrected chi connectivity index (χ4v) is 3.77. The van der Waals surface area contributed by atoms with Gasteiger partial charge in [-0.25, -0.2) is 0 Å². The number of hydrogen-bond donors (Lipinski definition) is 2. The highest BCUT2D eigenvalue weighted by Gasteiger charge is 2.45. The number of nitrogens with one attached hydrogen (secondary N) is 1. The molecule has 1 amide bonds. The van der Waals surface area contributed by atoms with Crippen LogP contribution in [0.25, 0.3) is 0 Å². The normalized spacial score (nSPS) is 36.9. The van der Waals surface area contributed by atoms with Gasteiger partial charge < -0.3 is 15.4 Å². The van der Waals surface area contributed by atoms with E-state index < -0.39 is 0 Å². The van der Waals surface area contributed by atoms with Crippen LogP contribution < -0.4 is 10.6 Å². The van der Waals surface area contributed by atoms with E-state index in [-0.39, 0.29) is 11.5 Å². The number of hydrogen-bond acceptors (Lipinski definition) is 2. The second-order valence-electron chi connectivity index (χ2n) is 6.46. The Kier molecular flexibility index (Phi) is 3.46. The van der Waals surface area contributed by atoms with Gasteiger partial charge in [0.25, 0.3) is 5.91 Å². The lowest BCUT2D eigenvalue weighted by Crippen LogP contribution is -3.15. The lowest BCUT2D eigenvalue weighted by molar-refractivity contribution is -0.905. The molecule has 0 radical (unpaired) electrons. The molecule has 2 saturated heterocycles. The second kappa shape index (κ2) is 4.58. The van der Waals surface area contributed by atoms with E-state index in [1.165, 1.54) is 17.7 Å². The van der Waals surface area contributed by atoms with Crippen LogP contribution in [0.4, 0.5) is 0 Å². The molecular formula is C13H25N2O2+. The van der Waals surface area contributed by atoms with E-state index in [0.29, 0.717) is 12.0 Å².